The second-order valence-electron chi connectivity index (χ2n) is 4.81. The van der Waals surface area contributed by atoms with Crippen molar-refractivity contribution < 1.29 is 10.2 Å². The minimum atomic E-state index is 0.234. The standard InChI is InChI=1S/C14H23NO2/c1-10(4-5-16)8-15-9-13-6-11(2)12(3)7-14(13)17/h6-7,10,15-17H,4-5,8-9H2,1-3H3. The number of phenols is 1. The Kier molecular flexibility index (Phi) is 5.45. The summed E-state index contributed by atoms with van der Waals surface area (Å²) in [5.74, 6) is 0.809. The van der Waals surface area contributed by atoms with Gasteiger partial charge in [0.2, 0.25) is 0 Å². The second kappa shape index (κ2) is 6.62. The average molecular weight is 237 g/mol. The lowest BCUT2D eigenvalue weighted by atomic mass is 10.0. The largest absolute Gasteiger partial charge is 0.508 e. The lowest BCUT2D eigenvalue weighted by Crippen LogP contribution is -2.21. The molecule has 3 heteroatoms. The highest BCUT2D eigenvalue weighted by Crippen LogP contribution is 2.21. The number of rotatable bonds is 6. The van der Waals surface area contributed by atoms with Gasteiger partial charge in [0, 0.05) is 18.7 Å². The summed E-state index contributed by atoms with van der Waals surface area (Å²) < 4.78 is 0. The molecule has 0 spiro atoms. The van der Waals surface area contributed by atoms with Gasteiger partial charge in [0.1, 0.15) is 5.75 Å². The number of aryl methyl sites for hydroxylation is 2. The molecular formula is C14H23NO2. The highest BCUT2D eigenvalue weighted by molar-refractivity contribution is 5.40. The summed E-state index contributed by atoms with van der Waals surface area (Å²) in [5.41, 5.74) is 3.24. The molecule has 0 aliphatic heterocycles. The first-order chi connectivity index (χ1) is 8.04. The van der Waals surface area contributed by atoms with Crippen LogP contribution in [0.25, 0.3) is 0 Å². The van der Waals surface area contributed by atoms with E-state index in [0.29, 0.717) is 18.2 Å². The second-order valence-corrected chi connectivity index (χ2v) is 4.81. The Balaban J connectivity index is 2.49. The quantitative estimate of drug-likeness (QED) is 0.710. The number of hydrogen-bond donors (Lipinski definition) is 3. The van der Waals surface area contributed by atoms with Crippen LogP contribution in [0.4, 0.5) is 0 Å². The van der Waals surface area contributed by atoms with Gasteiger partial charge in [0.25, 0.3) is 0 Å². The van der Waals surface area contributed by atoms with Crippen LogP contribution in [0.5, 0.6) is 5.75 Å². The van der Waals surface area contributed by atoms with Gasteiger partial charge in [-0.2, -0.15) is 0 Å². The zero-order valence-electron chi connectivity index (χ0n) is 11.0. The van der Waals surface area contributed by atoms with Gasteiger partial charge in [-0.15, -0.1) is 0 Å². The summed E-state index contributed by atoms with van der Waals surface area (Å²) in [6.45, 7) is 7.90. The topological polar surface area (TPSA) is 52.5 Å². The first kappa shape index (κ1) is 14.0. The molecular weight excluding hydrogens is 214 g/mol. The third kappa shape index (κ3) is 4.36. The zero-order valence-corrected chi connectivity index (χ0v) is 11.0. The molecule has 1 aromatic rings. The number of hydrogen-bond acceptors (Lipinski definition) is 3. The third-order valence-corrected chi connectivity index (χ3v) is 3.13. The maximum Gasteiger partial charge on any atom is 0.120 e. The van der Waals surface area contributed by atoms with E-state index in [2.05, 4.69) is 12.2 Å². The fourth-order valence-corrected chi connectivity index (χ4v) is 1.78. The van der Waals surface area contributed by atoms with Crippen molar-refractivity contribution in [1.82, 2.24) is 5.32 Å². The van der Waals surface area contributed by atoms with Crippen LogP contribution in [-0.2, 0) is 6.54 Å². The van der Waals surface area contributed by atoms with E-state index in [9.17, 15) is 5.11 Å². The van der Waals surface area contributed by atoms with Gasteiger partial charge >= 0.3 is 0 Å². The van der Waals surface area contributed by atoms with Crippen LogP contribution in [0.1, 0.15) is 30.0 Å². The zero-order chi connectivity index (χ0) is 12.8. The highest BCUT2D eigenvalue weighted by atomic mass is 16.3. The molecule has 0 aliphatic rings. The molecule has 1 unspecified atom stereocenters. The lowest BCUT2D eigenvalue weighted by molar-refractivity contribution is 0.260. The number of nitrogens with one attached hydrogen (secondary N) is 1. The van der Waals surface area contributed by atoms with Crippen LogP contribution in [0, 0.1) is 19.8 Å². The van der Waals surface area contributed by atoms with Crippen molar-refractivity contribution in [3.8, 4) is 5.75 Å². The number of aromatic hydroxyl groups is 1. The van der Waals surface area contributed by atoms with Gasteiger partial charge in [-0.1, -0.05) is 13.0 Å². The molecule has 0 heterocycles. The summed E-state index contributed by atoms with van der Waals surface area (Å²) in [5, 5.41) is 21.9. The van der Waals surface area contributed by atoms with Crippen molar-refractivity contribution in [2.24, 2.45) is 5.92 Å². The summed E-state index contributed by atoms with van der Waals surface area (Å²) in [4.78, 5) is 0. The van der Waals surface area contributed by atoms with E-state index in [-0.39, 0.29) is 6.61 Å². The van der Waals surface area contributed by atoms with Crippen molar-refractivity contribution in [2.45, 2.75) is 33.7 Å². The van der Waals surface area contributed by atoms with Gasteiger partial charge in [-0.3, -0.25) is 0 Å². The summed E-state index contributed by atoms with van der Waals surface area (Å²) >= 11 is 0. The Morgan fingerprint density at radius 1 is 1.24 bits per heavy atom. The fourth-order valence-electron chi connectivity index (χ4n) is 1.78. The average Bonchev–Trinajstić information content (AvgIpc) is 2.26. The molecule has 0 aliphatic carbocycles. The first-order valence-corrected chi connectivity index (χ1v) is 6.15. The molecule has 0 fully saturated rings. The van der Waals surface area contributed by atoms with Crippen molar-refractivity contribution >= 4 is 0 Å². The molecule has 1 rings (SSSR count). The van der Waals surface area contributed by atoms with Crippen molar-refractivity contribution in [3.63, 3.8) is 0 Å². The Labute approximate surface area is 103 Å². The number of aliphatic hydroxyl groups is 1. The predicted molar refractivity (Wildman–Crippen MR) is 70.2 cm³/mol. The number of benzene rings is 1. The molecule has 0 bridgehead atoms. The van der Waals surface area contributed by atoms with Crippen LogP contribution in [0.2, 0.25) is 0 Å². The molecule has 17 heavy (non-hydrogen) atoms. The third-order valence-electron chi connectivity index (χ3n) is 3.13. The molecule has 0 saturated carbocycles. The normalized spacial score (nSPS) is 12.7. The number of phenolic OH excluding ortho intramolecular Hbond substituents is 1. The van der Waals surface area contributed by atoms with E-state index >= 15 is 0 Å². The first-order valence-electron chi connectivity index (χ1n) is 6.15. The summed E-state index contributed by atoms with van der Waals surface area (Å²) in [6.07, 6.45) is 0.811. The Hall–Kier alpha value is -1.06. The van der Waals surface area contributed by atoms with E-state index in [1.165, 1.54) is 5.56 Å². The fraction of sp³-hybridized carbons (Fsp3) is 0.571. The Morgan fingerprint density at radius 3 is 2.53 bits per heavy atom. The smallest absolute Gasteiger partial charge is 0.120 e. The van der Waals surface area contributed by atoms with Crippen LogP contribution in [-0.4, -0.2) is 23.4 Å². The molecule has 1 aromatic carbocycles. The van der Waals surface area contributed by atoms with Crippen molar-refractivity contribution in [1.29, 1.82) is 0 Å². The molecule has 0 radical (unpaired) electrons. The molecule has 1 atom stereocenters. The SMILES string of the molecule is Cc1cc(O)c(CNCC(C)CCO)cc1C. The van der Waals surface area contributed by atoms with Gasteiger partial charge in [0.05, 0.1) is 0 Å². The Bertz CT molecular complexity index is 363. The predicted octanol–water partition coefficient (Wildman–Crippen LogP) is 2.12. The minimum Gasteiger partial charge on any atom is -0.508 e. The monoisotopic (exact) mass is 237 g/mol. The van der Waals surface area contributed by atoms with Crippen LogP contribution >= 0.6 is 0 Å². The molecule has 96 valence electrons. The van der Waals surface area contributed by atoms with Gasteiger partial charge in [0.15, 0.2) is 0 Å². The maximum atomic E-state index is 9.80. The highest BCUT2D eigenvalue weighted by Gasteiger charge is 2.05. The number of aliphatic hydroxyl groups excluding tert-OH is 1. The van der Waals surface area contributed by atoms with Gasteiger partial charge in [-0.05, 0) is 49.9 Å². The van der Waals surface area contributed by atoms with E-state index in [1.807, 2.05) is 26.0 Å². The van der Waals surface area contributed by atoms with Gasteiger partial charge in [-0.25, -0.2) is 0 Å². The molecule has 0 amide bonds. The molecule has 0 saturated heterocycles. The maximum absolute atomic E-state index is 9.80. The van der Waals surface area contributed by atoms with E-state index in [4.69, 9.17) is 5.11 Å². The van der Waals surface area contributed by atoms with E-state index in [0.717, 1.165) is 24.1 Å². The van der Waals surface area contributed by atoms with Crippen LogP contribution in [0.3, 0.4) is 0 Å². The van der Waals surface area contributed by atoms with E-state index in [1.54, 1.807) is 0 Å². The van der Waals surface area contributed by atoms with Crippen molar-refractivity contribution in [2.75, 3.05) is 13.2 Å². The Morgan fingerprint density at radius 2 is 1.88 bits per heavy atom. The van der Waals surface area contributed by atoms with Gasteiger partial charge < -0.3 is 15.5 Å². The van der Waals surface area contributed by atoms with Crippen molar-refractivity contribution in [3.05, 3.63) is 28.8 Å². The summed E-state index contributed by atoms with van der Waals surface area (Å²) in [7, 11) is 0. The van der Waals surface area contributed by atoms with Crippen LogP contribution in [0.15, 0.2) is 12.1 Å². The minimum absolute atomic E-state index is 0.234. The summed E-state index contributed by atoms with van der Waals surface area (Å²) in [6, 6.07) is 3.83. The molecule has 3 N–H and O–H groups in total. The van der Waals surface area contributed by atoms with Crippen LogP contribution < -0.4 is 5.32 Å². The molecule has 0 aromatic heterocycles. The van der Waals surface area contributed by atoms with E-state index < -0.39 is 0 Å². The lowest BCUT2D eigenvalue weighted by Gasteiger charge is -2.13. The molecule has 3 nitrogen and oxygen atoms in total.